The summed E-state index contributed by atoms with van der Waals surface area (Å²) in [6.07, 6.45) is 4.85. The summed E-state index contributed by atoms with van der Waals surface area (Å²) in [5.41, 5.74) is 1.60. The topological polar surface area (TPSA) is 122 Å². The molecule has 9 heteroatoms. The molecule has 2 N–H and O–H groups in total. The molecule has 1 aromatic carbocycles. The van der Waals surface area contributed by atoms with E-state index in [4.69, 9.17) is 9.15 Å². The zero-order chi connectivity index (χ0) is 24.5. The van der Waals surface area contributed by atoms with Gasteiger partial charge in [0.25, 0.3) is 0 Å². The van der Waals surface area contributed by atoms with Gasteiger partial charge in [0.1, 0.15) is 5.75 Å². The lowest BCUT2D eigenvalue weighted by Gasteiger charge is -2.46. The molecule has 35 heavy (non-hydrogen) atoms. The minimum Gasteiger partial charge on any atom is -0.497 e. The summed E-state index contributed by atoms with van der Waals surface area (Å²) in [6, 6.07) is 7.82. The van der Waals surface area contributed by atoms with Gasteiger partial charge in [0, 0.05) is 37.0 Å². The number of likely N-dealkylation sites (tertiary alicyclic amines) is 1. The average Bonchev–Trinajstić information content (AvgIpc) is 3.26. The van der Waals surface area contributed by atoms with Gasteiger partial charge in [-0.3, -0.25) is 14.7 Å². The van der Waals surface area contributed by atoms with Gasteiger partial charge < -0.3 is 19.4 Å². The number of aliphatic hydroxyl groups excluding tert-OH is 1. The highest BCUT2D eigenvalue weighted by atomic mass is 16.5. The van der Waals surface area contributed by atoms with Crippen molar-refractivity contribution in [3.05, 3.63) is 47.8 Å². The number of aliphatic carboxylic acids is 1. The molecule has 186 valence electrons. The molecule has 0 bridgehead atoms. The third-order valence-electron chi connectivity index (χ3n) is 7.78. The molecule has 5 rings (SSSR count). The van der Waals surface area contributed by atoms with Gasteiger partial charge in [-0.2, -0.15) is 0 Å². The predicted octanol–water partition coefficient (Wildman–Crippen LogP) is 3.72. The highest BCUT2D eigenvalue weighted by Gasteiger charge is 2.42. The Morgan fingerprint density at radius 2 is 2.11 bits per heavy atom. The lowest BCUT2D eigenvalue weighted by atomic mass is 9.75. The Balaban J connectivity index is 1.20. The van der Waals surface area contributed by atoms with Crippen molar-refractivity contribution in [2.24, 2.45) is 11.8 Å². The number of aliphatic hydroxyl groups is 1. The van der Waals surface area contributed by atoms with E-state index in [2.05, 4.69) is 20.1 Å². The van der Waals surface area contributed by atoms with Crippen LogP contribution in [-0.4, -0.2) is 62.5 Å². The Morgan fingerprint density at radius 1 is 1.29 bits per heavy atom. The largest absolute Gasteiger partial charge is 0.497 e. The highest BCUT2D eigenvalue weighted by Crippen LogP contribution is 2.42. The molecule has 0 amide bonds. The Morgan fingerprint density at radius 3 is 2.83 bits per heavy atom. The van der Waals surface area contributed by atoms with Crippen LogP contribution in [0.3, 0.4) is 0 Å². The van der Waals surface area contributed by atoms with E-state index in [1.165, 1.54) is 0 Å². The number of carboxylic acid groups (broad SMARTS) is 1. The molecule has 0 spiro atoms. The standard InChI is InChI=1S/C26H32N4O5/c1-15-28-29-25(35-15)17-11-18(12-17)30-10-8-16(22(14-30)26(32)33)3-6-24(31)20-7-9-27-23-5-4-19(34-2)13-21(20)23/h4-5,7,9,13,16-18,22,24,31H,3,6,8,10-12,14H2,1-2H3,(H,32,33)/t16-,17?,18?,22+,24?/m1/s1. The Kier molecular flexibility index (Phi) is 6.71. The lowest BCUT2D eigenvalue weighted by molar-refractivity contribution is -0.147. The van der Waals surface area contributed by atoms with Crippen LogP contribution in [0.5, 0.6) is 5.75 Å². The summed E-state index contributed by atoms with van der Waals surface area (Å²) < 4.78 is 10.9. The number of hydrogen-bond acceptors (Lipinski definition) is 8. The van der Waals surface area contributed by atoms with Crippen LogP contribution in [0.25, 0.3) is 10.9 Å². The van der Waals surface area contributed by atoms with Gasteiger partial charge in [-0.1, -0.05) is 0 Å². The third-order valence-corrected chi connectivity index (χ3v) is 7.78. The van der Waals surface area contributed by atoms with Crippen LogP contribution in [0.1, 0.15) is 61.5 Å². The van der Waals surface area contributed by atoms with Crippen molar-refractivity contribution in [1.82, 2.24) is 20.1 Å². The van der Waals surface area contributed by atoms with Crippen molar-refractivity contribution in [2.75, 3.05) is 20.2 Å². The van der Waals surface area contributed by atoms with Gasteiger partial charge in [0.05, 0.1) is 24.6 Å². The van der Waals surface area contributed by atoms with E-state index in [9.17, 15) is 15.0 Å². The van der Waals surface area contributed by atoms with Gasteiger partial charge in [-0.15, -0.1) is 10.2 Å². The molecule has 2 aromatic heterocycles. The summed E-state index contributed by atoms with van der Waals surface area (Å²) in [5.74, 6) is 1.10. The average molecular weight is 481 g/mol. The van der Waals surface area contributed by atoms with Crippen LogP contribution in [-0.2, 0) is 4.79 Å². The minimum absolute atomic E-state index is 0.0375. The molecule has 1 aliphatic carbocycles. The molecule has 9 nitrogen and oxygen atoms in total. The third kappa shape index (κ3) is 4.88. The monoisotopic (exact) mass is 480 g/mol. The number of hydrogen-bond donors (Lipinski definition) is 2. The van der Waals surface area contributed by atoms with E-state index in [0.717, 1.165) is 42.3 Å². The molecule has 1 unspecified atom stereocenters. The summed E-state index contributed by atoms with van der Waals surface area (Å²) in [6.45, 7) is 3.21. The number of carboxylic acids is 1. The predicted molar refractivity (Wildman–Crippen MR) is 128 cm³/mol. The number of aromatic nitrogens is 3. The summed E-state index contributed by atoms with van der Waals surface area (Å²) in [7, 11) is 1.61. The first-order chi connectivity index (χ1) is 16.9. The van der Waals surface area contributed by atoms with Crippen molar-refractivity contribution in [1.29, 1.82) is 0 Å². The number of rotatable bonds is 8. The van der Waals surface area contributed by atoms with Crippen molar-refractivity contribution in [3.63, 3.8) is 0 Å². The van der Waals surface area contributed by atoms with E-state index in [-0.39, 0.29) is 11.8 Å². The van der Waals surface area contributed by atoms with E-state index < -0.39 is 18.0 Å². The Bertz CT molecular complexity index is 1190. The number of nitrogens with zero attached hydrogens (tertiary/aromatic N) is 4. The maximum atomic E-state index is 12.1. The van der Waals surface area contributed by atoms with Crippen molar-refractivity contribution >= 4 is 16.9 Å². The zero-order valence-corrected chi connectivity index (χ0v) is 20.1. The molecular weight excluding hydrogens is 448 g/mol. The fourth-order valence-electron chi connectivity index (χ4n) is 5.64. The fraction of sp³-hybridized carbons (Fsp3) is 0.538. The van der Waals surface area contributed by atoms with Crippen LogP contribution in [0.4, 0.5) is 0 Å². The van der Waals surface area contributed by atoms with Crippen molar-refractivity contribution in [2.45, 2.75) is 57.1 Å². The van der Waals surface area contributed by atoms with Crippen LogP contribution in [0.2, 0.25) is 0 Å². The van der Waals surface area contributed by atoms with Crippen LogP contribution in [0, 0.1) is 18.8 Å². The highest BCUT2D eigenvalue weighted by molar-refractivity contribution is 5.83. The van der Waals surface area contributed by atoms with E-state index in [1.54, 1.807) is 20.2 Å². The number of ether oxygens (including phenoxy) is 1. The zero-order valence-electron chi connectivity index (χ0n) is 20.1. The number of fused-ring (bicyclic) bond motifs is 1. The molecule has 1 aliphatic heterocycles. The van der Waals surface area contributed by atoms with Gasteiger partial charge in [-0.05, 0) is 74.4 Å². The van der Waals surface area contributed by atoms with Crippen LogP contribution >= 0.6 is 0 Å². The number of piperidine rings is 1. The van der Waals surface area contributed by atoms with E-state index in [0.29, 0.717) is 43.0 Å². The van der Waals surface area contributed by atoms with E-state index in [1.807, 2.05) is 24.3 Å². The van der Waals surface area contributed by atoms with Gasteiger partial charge in [-0.25, -0.2) is 0 Å². The fourth-order valence-corrected chi connectivity index (χ4v) is 5.64. The number of benzene rings is 1. The SMILES string of the molecule is COc1ccc2nccc(C(O)CC[C@@H]3CCN(C4CC(c5nnc(C)o5)C4)C[C@@H]3C(=O)O)c2c1. The Hall–Kier alpha value is -3.04. The number of methoxy groups -OCH3 is 1. The maximum absolute atomic E-state index is 12.1. The van der Waals surface area contributed by atoms with Gasteiger partial charge >= 0.3 is 5.97 Å². The minimum atomic E-state index is -0.753. The number of aryl methyl sites for hydroxylation is 1. The summed E-state index contributed by atoms with van der Waals surface area (Å²) in [4.78, 5) is 18.8. The molecule has 2 fully saturated rings. The van der Waals surface area contributed by atoms with Gasteiger partial charge in [0.15, 0.2) is 0 Å². The summed E-state index contributed by atoms with van der Waals surface area (Å²) in [5, 5.41) is 29.9. The first-order valence-corrected chi connectivity index (χ1v) is 12.3. The smallest absolute Gasteiger partial charge is 0.308 e. The number of pyridine rings is 1. The quantitative estimate of drug-likeness (QED) is 0.497. The van der Waals surface area contributed by atoms with Crippen molar-refractivity contribution < 1.29 is 24.2 Å². The Labute approximate surface area is 204 Å². The molecule has 3 heterocycles. The lowest BCUT2D eigenvalue weighted by Crippen LogP contribution is -2.52. The second kappa shape index (κ2) is 9.91. The number of carbonyl (C=O) groups is 1. The first kappa shape index (κ1) is 23.7. The molecule has 1 saturated carbocycles. The molecule has 0 radical (unpaired) electrons. The molecule has 3 atom stereocenters. The van der Waals surface area contributed by atoms with Gasteiger partial charge in [0.2, 0.25) is 11.8 Å². The second-order valence-electron chi connectivity index (χ2n) is 9.85. The second-order valence-corrected chi connectivity index (χ2v) is 9.85. The molecule has 2 aliphatic rings. The molecular formula is C26H32N4O5. The normalized spacial score (nSPS) is 25.8. The van der Waals surface area contributed by atoms with Crippen molar-refractivity contribution in [3.8, 4) is 5.75 Å². The first-order valence-electron chi connectivity index (χ1n) is 12.3. The van der Waals surface area contributed by atoms with Crippen LogP contribution < -0.4 is 4.74 Å². The summed E-state index contributed by atoms with van der Waals surface area (Å²) >= 11 is 0. The van der Waals surface area contributed by atoms with E-state index >= 15 is 0 Å². The van der Waals surface area contributed by atoms with Crippen LogP contribution in [0.15, 0.2) is 34.9 Å². The molecule has 3 aromatic rings. The maximum Gasteiger partial charge on any atom is 0.308 e. The molecule has 1 saturated heterocycles.